The van der Waals surface area contributed by atoms with Crippen LogP contribution in [0.4, 0.5) is 5.69 Å². The van der Waals surface area contributed by atoms with E-state index in [1.807, 2.05) is 6.92 Å². The van der Waals surface area contributed by atoms with Crippen molar-refractivity contribution in [3.63, 3.8) is 0 Å². The van der Waals surface area contributed by atoms with Gasteiger partial charge in [0.15, 0.2) is 17.2 Å². The predicted octanol–water partition coefficient (Wildman–Crippen LogP) is 1.71. The molecule has 1 aliphatic heterocycles. The molecule has 0 atom stereocenters. The maximum absolute atomic E-state index is 12.0. The van der Waals surface area contributed by atoms with Gasteiger partial charge < -0.3 is 14.8 Å². The molecule has 0 unspecified atom stereocenters. The Morgan fingerprint density at radius 2 is 2.11 bits per heavy atom. The summed E-state index contributed by atoms with van der Waals surface area (Å²) in [6.45, 7) is 2.11. The second-order valence-corrected chi connectivity index (χ2v) is 4.32. The zero-order valence-electron chi connectivity index (χ0n) is 10.6. The number of carbonyl (C=O) groups excluding carboxylic acids is 1. The van der Waals surface area contributed by atoms with Gasteiger partial charge in [-0.05, 0) is 25.1 Å². The van der Waals surface area contributed by atoms with E-state index in [4.69, 9.17) is 9.47 Å². The molecular formula is C13H13N3O3. The molecule has 0 fully saturated rings. The van der Waals surface area contributed by atoms with E-state index in [9.17, 15) is 4.79 Å². The number of anilines is 1. The van der Waals surface area contributed by atoms with Gasteiger partial charge in [-0.3, -0.25) is 9.48 Å². The maximum atomic E-state index is 12.0. The van der Waals surface area contributed by atoms with Gasteiger partial charge in [-0.25, -0.2) is 0 Å². The van der Waals surface area contributed by atoms with Crippen LogP contribution in [-0.4, -0.2) is 22.5 Å². The zero-order chi connectivity index (χ0) is 13.4. The molecule has 1 amide bonds. The van der Waals surface area contributed by atoms with Gasteiger partial charge in [0.2, 0.25) is 6.79 Å². The fourth-order valence-electron chi connectivity index (χ4n) is 1.84. The highest BCUT2D eigenvalue weighted by Crippen LogP contribution is 2.34. The van der Waals surface area contributed by atoms with Crippen LogP contribution in [0, 0.1) is 6.92 Å². The van der Waals surface area contributed by atoms with Crippen molar-refractivity contribution in [1.29, 1.82) is 0 Å². The van der Waals surface area contributed by atoms with Gasteiger partial charge in [-0.2, -0.15) is 5.10 Å². The van der Waals surface area contributed by atoms with E-state index in [0.717, 1.165) is 5.69 Å². The minimum atomic E-state index is -0.248. The first kappa shape index (κ1) is 11.6. The molecule has 0 saturated carbocycles. The summed E-state index contributed by atoms with van der Waals surface area (Å²) in [4.78, 5) is 12.0. The predicted molar refractivity (Wildman–Crippen MR) is 68.5 cm³/mol. The summed E-state index contributed by atoms with van der Waals surface area (Å²) in [6.07, 6.45) is 0. The van der Waals surface area contributed by atoms with Crippen LogP contribution in [-0.2, 0) is 7.05 Å². The molecule has 0 spiro atoms. The van der Waals surface area contributed by atoms with Gasteiger partial charge in [0.1, 0.15) is 0 Å². The standard InChI is InChI=1S/C13H13N3O3/c1-8-5-10(15-16(8)2)13(17)14-9-3-4-11-12(6-9)19-7-18-11/h3-6H,7H2,1-2H3,(H,14,17). The summed E-state index contributed by atoms with van der Waals surface area (Å²) in [5.74, 6) is 1.07. The van der Waals surface area contributed by atoms with Crippen molar-refractivity contribution in [2.75, 3.05) is 12.1 Å². The molecule has 0 aliphatic carbocycles. The number of carbonyl (C=O) groups is 1. The molecule has 0 saturated heterocycles. The van der Waals surface area contributed by atoms with Crippen LogP contribution in [0.15, 0.2) is 24.3 Å². The maximum Gasteiger partial charge on any atom is 0.276 e. The average molecular weight is 259 g/mol. The van der Waals surface area contributed by atoms with Crippen molar-refractivity contribution in [3.05, 3.63) is 35.7 Å². The lowest BCUT2D eigenvalue weighted by Gasteiger charge is -2.04. The molecule has 3 rings (SSSR count). The molecule has 6 heteroatoms. The topological polar surface area (TPSA) is 65.4 Å². The van der Waals surface area contributed by atoms with E-state index in [2.05, 4.69) is 10.4 Å². The Morgan fingerprint density at radius 3 is 2.84 bits per heavy atom. The molecular weight excluding hydrogens is 246 g/mol. The van der Waals surface area contributed by atoms with Crippen LogP contribution < -0.4 is 14.8 Å². The van der Waals surface area contributed by atoms with E-state index < -0.39 is 0 Å². The number of aryl methyl sites for hydroxylation is 2. The van der Waals surface area contributed by atoms with E-state index in [1.165, 1.54) is 0 Å². The molecule has 98 valence electrons. The number of hydrogen-bond donors (Lipinski definition) is 1. The highest BCUT2D eigenvalue weighted by atomic mass is 16.7. The number of ether oxygens (including phenoxy) is 2. The SMILES string of the molecule is Cc1cc(C(=O)Nc2ccc3c(c2)OCO3)nn1C. The van der Waals surface area contributed by atoms with E-state index in [0.29, 0.717) is 22.9 Å². The number of hydrogen-bond acceptors (Lipinski definition) is 4. The second kappa shape index (κ2) is 4.31. The summed E-state index contributed by atoms with van der Waals surface area (Å²) in [5.41, 5.74) is 1.96. The number of fused-ring (bicyclic) bond motifs is 1. The number of nitrogens with one attached hydrogen (secondary N) is 1. The van der Waals surface area contributed by atoms with Crippen LogP contribution in [0.25, 0.3) is 0 Å². The molecule has 0 radical (unpaired) electrons. The number of rotatable bonds is 2. The van der Waals surface area contributed by atoms with Crippen molar-refractivity contribution in [3.8, 4) is 11.5 Å². The largest absolute Gasteiger partial charge is 0.454 e. The van der Waals surface area contributed by atoms with Crippen LogP contribution in [0.5, 0.6) is 11.5 Å². The summed E-state index contributed by atoms with van der Waals surface area (Å²) >= 11 is 0. The minimum Gasteiger partial charge on any atom is -0.454 e. The molecule has 19 heavy (non-hydrogen) atoms. The van der Waals surface area contributed by atoms with Gasteiger partial charge in [0.25, 0.3) is 5.91 Å². The molecule has 0 bridgehead atoms. The Labute approximate surface area is 109 Å². The second-order valence-electron chi connectivity index (χ2n) is 4.32. The van der Waals surface area contributed by atoms with E-state index in [1.54, 1.807) is 36.0 Å². The highest BCUT2D eigenvalue weighted by Gasteiger charge is 2.16. The zero-order valence-corrected chi connectivity index (χ0v) is 10.6. The summed E-state index contributed by atoms with van der Waals surface area (Å²) in [6, 6.07) is 7.00. The molecule has 1 aromatic carbocycles. The molecule has 1 aliphatic rings. The first-order valence-corrected chi connectivity index (χ1v) is 5.85. The van der Waals surface area contributed by atoms with Crippen LogP contribution in [0.3, 0.4) is 0 Å². The first-order valence-electron chi connectivity index (χ1n) is 5.85. The molecule has 2 aromatic rings. The number of benzene rings is 1. The lowest BCUT2D eigenvalue weighted by Crippen LogP contribution is -2.12. The van der Waals surface area contributed by atoms with Crippen LogP contribution in [0.1, 0.15) is 16.2 Å². The van der Waals surface area contributed by atoms with Gasteiger partial charge in [-0.15, -0.1) is 0 Å². The Bertz CT molecular complexity index is 629. The lowest BCUT2D eigenvalue weighted by atomic mass is 10.2. The van der Waals surface area contributed by atoms with Crippen LogP contribution >= 0.6 is 0 Å². The summed E-state index contributed by atoms with van der Waals surface area (Å²) in [5, 5.41) is 6.91. The number of nitrogens with zero attached hydrogens (tertiary/aromatic N) is 2. The van der Waals surface area contributed by atoms with Crippen molar-refractivity contribution in [1.82, 2.24) is 9.78 Å². The third-order valence-electron chi connectivity index (χ3n) is 2.98. The molecule has 2 heterocycles. The van der Waals surface area contributed by atoms with Crippen molar-refractivity contribution in [2.24, 2.45) is 7.05 Å². The molecule has 1 N–H and O–H groups in total. The fourth-order valence-corrected chi connectivity index (χ4v) is 1.84. The van der Waals surface area contributed by atoms with E-state index in [-0.39, 0.29) is 12.7 Å². The van der Waals surface area contributed by atoms with Gasteiger partial charge in [-0.1, -0.05) is 0 Å². The quantitative estimate of drug-likeness (QED) is 0.891. The van der Waals surface area contributed by atoms with Crippen molar-refractivity contribution in [2.45, 2.75) is 6.92 Å². The average Bonchev–Trinajstić information content (AvgIpc) is 2.96. The van der Waals surface area contributed by atoms with Gasteiger partial charge in [0.05, 0.1) is 0 Å². The monoisotopic (exact) mass is 259 g/mol. The van der Waals surface area contributed by atoms with Crippen LogP contribution in [0.2, 0.25) is 0 Å². The summed E-state index contributed by atoms with van der Waals surface area (Å²) in [7, 11) is 1.80. The summed E-state index contributed by atoms with van der Waals surface area (Å²) < 4.78 is 12.1. The first-order chi connectivity index (χ1) is 9.13. The lowest BCUT2D eigenvalue weighted by molar-refractivity contribution is 0.102. The molecule has 6 nitrogen and oxygen atoms in total. The molecule has 1 aromatic heterocycles. The van der Waals surface area contributed by atoms with Gasteiger partial charge in [0, 0.05) is 24.5 Å². The number of aromatic nitrogens is 2. The normalized spacial score (nSPS) is 12.5. The Hall–Kier alpha value is -2.50. The smallest absolute Gasteiger partial charge is 0.276 e. The van der Waals surface area contributed by atoms with Gasteiger partial charge >= 0.3 is 0 Å². The van der Waals surface area contributed by atoms with E-state index >= 15 is 0 Å². The minimum absolute atomic E-state index is 0.214. The highest BCUT2D eigenvalue weighted by molar-refractivity contribution is 6.03. The Morgan fingerprint density at radius 1 is 1.32 bits per heavy atom. The number of amides is 1. The fraction of sp³-hybridized carbons (Fsp3) is 0.231. The Kier molecular flexibility index (Phi) is 2.63. The third kappa shape index (κ3) is 2.12. The Balaban J connectivity index is 1.79. The third-order valence-corrected chi connectivity index (χ3v) is 2.98. The van der Waals surface area contributed by atoms with Crippen molar-refractivity contribution < 1.29 is 14.3 Å². The van der Waals surface area contributed by atoms with Crippen molar-refractivity contribution >= 4 is 11.6 Å².